The Hall–Kier alpha value is -3.22. The van der Waals surface area contributed by atoms with Crippen LogP contribution in [0.5, 0.6) is 23.0 Å². The van der Waals surface area contributed by atoms with Crippen LogP contribution in [-0.4, -0.2) is 40.1 Å². The molecule has 0 heterocycles. The number of nitrogens with zero attached hydrogens (tertiary/aromatic N) is 1. The second kappa shape index (κ2) is 9.47. The number of carbonyl (C=O) groups excluding carboxylic acids is 1. The van der Waals surface area contributed by atoms with E-state index >= 15 is 0 Å². The lowest BCUT2D eigenvalue weighted by atomic mass is 10.1. The minimum absolute atomic E-state index is 0.134. The third kappa shape index (κ3) is 5.13. The van der Waals surface area contributed by atoms with E-state index in [2.05, 4.69) is 10.5 Å². The van der Waals surface area contributed by atoms with Crippen LogP contribution >= 0.6 is 0 Å². The summed E-state index contributed by atoms with van der Waals surface area (Å²) < 4.78 is 21.5. The Morgan fingerprint density at radius 1 is 1.00 bits per heavy atom. The van der Waals surface area contributed by atoms with Gasteiger partial charge in [0, 0.05) is 5.56 Å². The largest absolute Gasteiger partial charge is 0.493 e. The molecule has 0 bridgehead atoms. The Kier molecular flexibility index (Phi) is 7.05. The molecule has 0 spiro atoms. The Labute approximate surface area is 158 Å². The number of ether oxygens (including phenoxy) is 4. The summed E-state index contributed by atoms with van der Waals surface area (Å²) in [5, 5.41) is 3.95. The number of hydrogen-bond acceptors (Lipinski definition) is 6. The number of hydrogen-bond donors (Lipinski definition) is 1. The summed E-state index contributed by atoms with van der Waals surface area (Å²) in [6.07, 6.45) is 1.47. The summed E-state index contributed by atoms with van der Waals surface area (Å²) in [4.78, 5) is 12.0. The van der Waals surface area contributed by atoms with Crippen LogP contribution in [0.25, 0.3) is 0 Å². The van der Waals surface area contributed by atoms with Gasteiger partial charge in [-0.25, -0.2) is 5.43 Å². The number of amides is 1. The Morgan fingerprint density at radius 2 is 1.74 bits per heavy atom. The molecule has 0 radical (unpaired) electrons. The molecule has 0 aliphatic heterocycles. The summed E-state index contributed by atoms with van der Waals surface area (Å²) in [6.45, 7) is 3.76. The molecule has 2 rings (SSSR count). The Morgan fingerprint density at radius 3 is 2.41 bits per heavy atom. The minimum Gasteiger partial charge on any atom is -0.493 e. The standard InChI is InChI=1S/C20H24N2O5/c1-13-6-7-14(2)17(10-13)27-12-18(23)22-21-11-15-8-9-16(24-3)20(26-5)19(15)25-4/h6-11H,12H2,1-5H3,(H,22,23)/b21-11+. The minimum atomic E-state index is -0.369. The van der Waals surface area contributed by atoms with Gasteiger partial charge < -0.3 is 18.9 Å². The van der Waals surface area contributed by atoms with E-state index in [4.69, 9.17) is 18.9 Å². The van der Waals surface area contributed by atoms with Gasteiger partial charge in [0.2, 0.25) is 5.75 Å². The van der Waals surface area contributed by atoms with Gasteiger partial charge in [-0.05, 0) is 43.2 Å². The van der Waals surface area contributed by atoms with Gasteiger partial charge in [-0.3, -0.25) is 4.79 Å². The highest BCUT2D eigenvalue weighted by atomic mass is 16.5. The van der Waals surface area contributed by atoms with E-state index in [0.717, 1.165) is 11.1 Å². The number of benzene rings is 2. The molecule has 27 heavy (non-hydrogen) atoms. The summed E-state index contributed by atoms with van der Waals surface area (Å²) >= 11 is 0. The van der Waals surface area contributed by atoms with Crippen molar-refractivity contribution in [2.24, 2.45) is 5.10 Å². The smallest absolute Gasteiger partial charge is 0.277 e. The molecule has 0 unspecified atom stereocenters. The van der Waals surface area contributed by atoms with Crippen LogP contribution < -0.4 is 24.4 Å². The van der Waals surface area contributed by atoms with Crippen LogP contribution in [0.15, 0.2) is 35.4 Å². The predicted molar refractivity (Wildman–Crippen MR) is 103 cm³/mol. The molecule has 7 heteroatoms. The molecule has 0 fully saturated rings. The van der Waals surface area contributed by atoms with E-state index in [1.54, 1.807) is 19.2 Å². The molecule has 0 aromatic heterocycles. The summed E-state index contributed by atoms with van der Waals surface area (Å²) in [5.74, 6) is 1.76. The molecular weight excluding hydrogens is 348 g/mol. The highest BCUT2D eigenvalue weighted by Gasteiger charge is 2.14. The van der Waals surface area contributed by atoms with Crippen molar-refractivity contribution in [3.8, 4) is 23.0 Å². The summed E-state index contributed by atoms with van der Waals surface area (Å²) in [6, 6.07) is 9.31. The lowest BCUT2D eigenvalue weighted by Crippen LogP contribution is -2.24. The number of rotatable bonds is 8. The van der Waals surface area contributed by atoms with E-state index in [9.17, 15) is 4.79 Å². The van der Waals surface area contributed by atoms with Crippen molar-refractivity contribution in [2.75, 3.05) is 27.9 Å². The highest BCUT2D eigenvalue weighted by Crippen LogP contribution is 2.38. The van der Waals surface area contributed by atoms with Crippen LogP contribution in [0.3, 0.4) is 0 Å². The van der Waals surface area contributed by atoms with Crippen molar-refractivity contribution in [2.45, 2.75) is 13.8 Å². The second-order valence-electron chi connectivity index (χ2n) is 5.77. The first-order chi connectivity index (χ1) is 13.0. The van der Waals surface area contributed by atoms with Gasteiger partial charge in [-0.1, -0.05) is 12.1 Å². The van der Waals surface area contributed by atoms with Crippen LogP contribution in [0.2, 0.25) is 0 Å². The van der Waals surface area contributed by atoms with Crippen molar-refractivity contribution in [1.29, 1.82) is 0 Å². The van der Waals surface area contributed by atoms with Crippen molar-refractivity contribution in [3.05, 3.63) is 47.0 Å². The highest BCUT2D eigenvalue weighted by molar-refractivity contribution is 5.87. The molecule has 7 nitrogen and oxygen atoms in total. The van der Waals surface area contributed by atoms with Gasteiger partial charge in [-0.2, -0.15) is 5.10 Å². The predicted octanol–water partition coefficient (Wildman–Crippen LogP) is 2.86. The first-order valence-electron chi connectivity index (χ1n) is 8.31. The monoisotopic (exact) mass is 372 g/mol. The van der Waals surface area contributed by atoms with Crippen LogP contribution in [-0.2, 0) is 4.79 Å². The van der Waals surface area contributed by atoms with E-state index in [1.807, 2.05) is 32.0 Å². The van der Waals surface area contributed by atoms with E-state index in [-0.39, 0.29) is 12.5 Å². The second-order valence-corrected chi connectivity index (χ2v) is 5.77. The number of aryl methyl sites for hydroxylation is 2. The molecule has 2 aromatic carbocycles. The third-order valence-corrected chi connectivity index (χ3v) is 3.83. The van der Waals surface area contributed by atoms with E-state index in [0.29, 0.717) is 28.6 Å². The molecule has 0 saturated carbocycles. The van der Waals surface area contributed by atoms with Crippen LogP contribution in [0.4, 0.5) is 0 Å². The number of nitrogens with one attached hydrogen (secondary N) is 1. The van der Waals surface area contributed by atoms with Gasteiger partial charge >= 0.3 is 0 Å². The zero-order valence-electron chi connectivity index (χ0n) is 16.2. The Balaban J connectivity index is 2.00. The molecule has 1 amide bonds. The lowest BCUT2D eigenvalue weighted by molar-refractivity contribution is -0.123. The van der Waals surface area contributed by atoms with E-state index in [1.165, 1.54) is 20.4 Å². The average molecular weight is 372 g/mol. The number of methoxy groups -OCH3 is 3. The van der Waals surface area contributed by atoms with Gasteiger partial charge in [0.25, 0.3) is 5.91 Å². The van der Waals surface area contributed by atoms with E-state index < -0.39 is 0 Å². The summed E-state index contributed by atoms with van der Waals surface area (Å²) in [5.41, 5.74) is 5.09. The molecule has 144 valence electrons. The zero-order chi connectivity index (χ0) is 19.8. The maximum atomic E-state index is 12.0. The SMILES string of the molecule is COc1ccc(/C=N/NC(=O)COc2cc(C)ccc2C)c(OC)c1OC. The quantitative estimate of drug-likeness (QED) is 0.569. The van der Waals surface area contributed by atoms with Crippen molar-refractivity contribution in [1.82, 2.24) is 5.43 Å². The fraction of sp³-hybridized carbons (Fsp3) is 0.300. The summed E-state index contributed by atoms with van der Waals surface area (Å²) in [7, 11) is 4.58. The molecule has 0 aliphatic rings. The van der Waals surface area contributed by atoms with Crippen molar-refractivity contribution < 1.29 is 23.7 Å². The van der Waals surface area contributed by atoms with Crippen LogP contribution in [0.1, 0.15) is 16.7 Å². The molecular formula is C20H24N2O5. The van der Waals surface area contributed by atoms with Crippen molar-refractivity contribution in [3.63, 3.8) is 0 Å². The fourth-order valence-electron chi connectivity index (χ4n) is 2.44. The first kappa shape index (κ1) is 20.1. The lowest BCUT2D eigenvalue weighted by Gasteiger charge is -2.13. The molecule has 0 atom stereocenters. The topological polar surface area (TPSA) is 78.4 Å². The van der Waals surface area contributed by atoms with Gasteiger partial charge in [0.15, 0.2) is 18.1 Å². The number of hydrazone groups is 1. The van der Waals surface area contributed by atoms with Gasteiger partial charge in [0.1, 0.15) is 5.75 Å². The Bertz CT molecular complexity index is 833. The molecule has 2 aromatic rings. The third-order valence-electron chi connectivity index (χ3n) is 3.83. The van der Waals surface area contributed by atoms with Gasteiger partial charge in [0.05, 0.1) is 27.5 Å². The van der Waals surface area contributed by atoms with Crippen LogP contribution in [0, 0.1) is 13.8 Å². The average Bonchev–Trinajstić information content (AvgIpc) is 2.67. The zero-order valence-corrected chi connectivity index (χ0v) is 16.2. The molecule has 0 aliphatic carbocycles. The number of carbonyl (C=O) groups is 1. The molecule has 1 N–H and O–H groups in total. The van der Waals surface area contributed by atoms with Gasteiger partial charge in [-0.15, -0.1) is 0 Å². The normalized spacial score (nSPS) is 10.6. The maximum Gasteiger partial charge on any atom is 0.277 e. The first-order valence-corrected chi connectivity index (χ1v) is 8.31. The molecule has 0 saturated heterocycles. The van der Waals surface area contributed by atoms with Crippen molar-refractivity contribution >= 4 is 12.1 Å². The maximum absolute atomic E-state index is 12.0. The fourth-order valence-corrected chi connectivity index (χ4v) is 2.44.